The number of rotatable bonds is 3. The van der Waals surface area contributed by atoms with Crippen LogP contribution >= 0.6 is 0 Å². The van der Waals surface area contributed by atoms with E-state index < -0.39 is 0 Å². The molecule has 0 saturated carbocycles. The van der Waals surface area contributed by atoms with Gasteiger partial charge in [-0.2, -0.15) is 0 Å². The van der Waals surface area contributed by atoms with Crippen molar-refractivity contribution in [3.8, 4) is 0 Å². The molecule has 18 heavy (non-hydrogen) atoms. The van der Waals surface area contributed by atoms with Crippen LogP contribution in [0.5, 0.6) is 0 Å². The molecule has 1 amide bonds. The summed E-state index contributed by atoms with van der Waals surface area (Å²) in [5.41, 5.74) is 0. The number of hydrogen-bond acceptors (Lipinski definition) is 3. The molecule has 4 nitrogen and oxygen atoms in total. The Morgan fingerprint density at radius 3 is 2.22 bits per heavy atom. The maximum Gasteiger partial charge on any atom is 0.222 e. The first kappa shape index (κ1) is 13.8. The molecule has 0 spiro atoms. The fraction of sp³-hybridized carbons (Fsp3) is 0.929. The van der Waals surface area contributed by atoms with Crippen molar-refractivity contribution in [2.75, 3.05) is 33.3 Å². The minimum atomic E-state index is 0.312. The van der Waals surface area contributed by atoms with Gasteiger partial charge in [-0.25, -0.2) is 0 Å². The first-order chi connectivity index (χ1) is 8.74. The quantitative estimate of drug-likeness (QED) is 0.765. The molecule has 2 heterocycles. The van der Waals surface area contributed by atoms with E-state index in [1.165, 1.54) is 0 Å². The number of amides is 1. The minimum absolute atomic E-state index is 0.312. The molecule has 0 N–H and O–H groups in total. The zero-order valence-corrected chi connectivity index (χ0v) is 11.7. The Bertz CT molecular complexity index is 267. The molecular formula is C14H26N2O2. The zero-order chi connectivity index (χ0) is 13.0. The van der Waals surface area contributed by atoms with Crippen LogP contribution in [-0.4, -0.2) is 61.1 Å². The van der Waals surface area contributed by atoms with Gasteiger partial charge in [0.25, 0.3) is 0 Å². The van der Waals surface area contributed by atoms with Gasteiger partial charge in [0.1, 0.15) is 0 Å². The Morgan fingerprint density at radius 1 is 1.11 bits per heavy atom. The number of likely N-dealkylation sites (tertiary alicyclic amines) is 2. The Hall–Kier alpha value is -0.610. The van der Waals surface area contributed by atoms with Crippen molar-refractivity contribution in [3.05, 3.63) is 0 Å². The Morgan fingerprint density at radius 2 is 1.72 bits per heavy atom. The number of piperidine rings is 2. The van der Waals surface area contributed by atoms with Crippen LogP contribution in [0.1, 0.15) is 39.0 Å². The molecule has 0 atom stereocenters. The average molecular weight is 254 g/mol. The van der Waals surface area contributed by atoms with Crippen molar-refractivity contribution in [3.63, 3.8) is 0 Å². The lowest BCUT2D eigenvalue weighted by atomic mass is 9.98. The van der Waals surface area contributed by atoms with Crippen LogP contribution in [0.4, 0.5) is 0 Å². The lowest BCUT2D eigenvalue weighted by molar-refractivity contribution is -0.132. The van der Waals surface area contributed by atoms with E-state index in [9.17, 15) is 4.79 Å². The van der Waals surface area contributed by atoms with Gasteiger partial charge in [-0.15, -0.1) is 0 Å². The molecule has 0 aromatic heterocycles. The molecule has 2 fully saturated rings. The monoisotopic (exact) mass is 254 g/mol. The van der Waals surface area contributed by atoms with E-state index in [0.717, 1.165) is 51.9 Å². The summed E-state index contributed by atoms with van der Waals surface area (Å²) in [5.74, 6) is 0.312. The van der Waals surface area contributed by atoms with E-state index in [1.54, 1.807) is 0 Å². The summed E-state index contributed by atoms with van der Waals surface area (Å²) in [5, 5.41) is 0. The third-order valence-electron chi connectivity index (χ3n) is 4.45. The highest BCUT2D eigenvalue weighted by atomic mass is 16.5. The average Bonchev–Trinajstić information content (AvgIpc) is 2.47. The van der Waals surface area contributed by atoms with Gasteiger partial charge < -0.3 is 14.5 Å². The van der Waals surface area contributed by atoms with Gasteiger partial charge in [0.05, 0.1) is 6.10 Å². The molecule has 4 heteroatoms. The molecule has 2 aliphatic rings. The first-order valence-corrected chi connectivity index (χ1v) is 7.29. The van der Waals surface area contributed by atoms with Crippen molar-refractivity contribution in [1.82, 2.24) is 9.80 Å². The second-order valence-corrected chi connectivity index (χ2v) is 5.44. The Balaban J connectivity index is 1.75. The van der Waals surface area contributed by atoms with Crippen molar-refractivity contribution < 1.29 is 9.53 Å². The van der Waals surface area contributed by atoms with Gasteiger partial charge in [-0.3, -0.25) is 4.79 Å². The molecule has 0 aromatic carbocycles. The first-order valence-electron chi connectivity index (χ1n) is 7.29. The summed E-state index contributed by atoms with van der Waals surface area (Å²) >= 11 is 0. The molecule has 0 aliphatic carbocycles. The summed E-state index contributed by atoms with van der Waals surface area (Å²) in [7, 11) is 1.81. The fourth-order valence-corrected chi connectivity index (χ4v) is 3.18. The van der Waals surface area contributed by atoms with E-state index in [4.69, 9.17) is 4.74 Å². The van der Waals surface area contributed by atoms with Gasteiger partial charge in [-0.1, -0.05) is 6.92 Å². The summed E-state index contributed by atoms with van der Waals surface area (Å²) in [6.07, 6.45) is 5.70. The summed E-state index contributed by atoms with van der Waals surface area (Å²) < 4.78 is 5.41. The van der Waals surface area contributed by atoms with Crippen LogP contribution in [0.2, 0.25) is 0 Å². The molecule has 0 radical (unpaired) electrons. The second-order valence-electron chi connectivity index (χ2n) is 5.44. The molecule has 0 aromatic rings. The standard InChI is InChI=1S/C14H26N2O2/c1-3-14(17)16-8-4-12(5-9-16)15-10-6-13(18-2)7-11-15/h12-13H,3-11H2,1-2H3. The van der Waals surface area contributed by atoms with Gasteiger partial charge in [0.15, 0.2) is 0 Å². The number of nitrogens with zero attached hydrogens (tertiary/aromatic N) is 2. The fourth-order valence-electron chi connectivity index (χ4n) is 3.18. The SMILES string of the molecule is CCC(=O)N1CCC(N2CCC(OC)CC2)CC1. The van der Waals surface area contributed by atoms with Gasteiger partial charge in [-0.05, 0) is 25.7 Å². The third kappa shape index (κ3) is 3.23. The smallest absolute Gasteiger partial charge is 0.222 e. The van der Waals surface area contributed by atoms with Gasteiger partial charge >= 0.3 is 0 Å². The number of ether oxygens (including phenoxy) is 1. The van der Waals surface area contributed by atoms with Gasteiger partial charge in [0, 0.05) is 45.8 Å². The molecule has 104 valence electrons. The predicted octanol–water partition coefficient (Wildman–Crippen LogP) is 1.50. The van der Waals surface area contributed by atoms with Crippen LogP contribution in [0.15, 0.2) is 0 Å². The van der Waals surface area contributed by atoms with Crippen LogP contribution < -0.4 is 0 Å². The van der Waals surface area contributed by atoms with Crippen molar-refractivity contribution in [2.24, 2.45) is 0 Å². The molecule has 0 unspecified atom stereocenters. The van der Waals surface area contributed by atoms with Crippen LogP contribution in [0, 0.1) is 0 Å². The molecule has 0 bridgehead atoms. The lowest BCUT2D eigenvalue weighted by Gasteiger charge is -2.41. The molecular weight excluding hydrogens is 228 g/mol. The highest BCUT2D eigenvalue weighted by Crippen LogP contribution is 2.22. The lowest BCUT2D eigenvalue weighted by Crippen LogP contribution is -2.49. The van der Waals surface area contributed by atoms with E-state index in [-0.39, 0.29) is 0 Å². The predicted molar refractivity (Wildman–Crippen MR) is 71.5 cm³/mol. The van der Waals surface area contributed by atoms with Crippen molar-refractivity contribution in [1.29, 1.82) is 0 Å². The molecule has 2 saturated heterocycles. The maximum atomic E-state index is 11.6. The number of methoxy groups -OCH3 is 1. The van der Waals surface area contributed by atoms with E-state index in [2.05, 4.69) is 4.90 Å². The summed E-state index contributed by atoms with van der Waals surface area (Å²) in [6.45, 7) is 6.16. The topological polar surface area (TPSA) is 32.8 Å². The van der Waals surface area contributed by atoms with Crippen LogP contribution in [-0.2, 0) is 9.53 Å². The number of carbonyl (C=O) groups is 1. The van der Waals surface area contributed by atoms with E-state index >= 15 is 0 Å². The number of carbonyl (C=O) groups excluding carboxylic acids is 1. The normalized spacial score (nSPS) is 24.4. The second kappa shape index (κ2) is 6.53. The van der Waals surface area contributed by atoms with Crippen molar-refractivity contribution in [2.45, 2.75) is 51.2 Å². The third-order valence-corrected chi connectivity index (χ3v) is 4.45. The van der Waals surface area contributed by atoms with Crippen LogP contribution in [0.3, 0.4) is 0 Å². The van der Waals surface area contributed by atoms with Crippen LogP contribution in [0.25, 0.3) is 0 Å². The van der Waals surface area contributed by atoms with E-state index in [1.807, 2.05) is 18.9 Å². The van der Waals surface area contributed by atoms with Gasteiger partial charge in [0.2, 0.25) is 5.91 Å². The summed E-state index contributed by atoms with van der Waals surface area (Å²) in [6, 6.07) is 0.684. The Kier molecular flexibility index (Phi) is 5.01. The highest BCUT2D eigenvalue weighted by molar-refractivity contribution is 5.75. The van der Waals surface area contributed by atoms with Crippen molar-refractivity contribution >= 4 is 5.91 Å². The maximum absolute atomic E-state index is 11.6. The zero-order valence-electron chi connectivity index (χ0n) is 11.7. The number of hydrogen-bond donors (Lipinski definition) is 0. The Labute approximate surface area is 110 Å². The minimum Gasteiger partial charge on any atom is -0.381 e. The highest BCUT2D eigenvalue weighted by Gasteiger charge is 2.28. The summed E-state index contributed by atoms with van der Waals surface area (Å²) in [4.78, 5) is 16.3. The largest absolute Gasteiger partial charge is 0.381 e. The molecule has 2 rings (SSSR count). The van der Waals surface area contributed by atoms with E-state index in [0.29, 0.717) is 24.5 Å². The molecule has 2 aliphatic heterocycles.